The molecule has 10 heteroatoms. The number of ketones is 1. The van der Waals surface area contributed by atoms with Crippen molar-refractivity contribution >= 4 is 23.7 Å². The first-order chi connectivity index (χ1) is 18.2. The molecule has 206 valence electrons. The first-order valence-corrected chi connectivity index (χ1v) is 12.9. The molecule has 0 saturated carbocycles. The Morgan fingerprint density at radius 2 is 1.82 bits per heavy atom. The Kier molecular flexibility index (Phi) is 7.99. The number of fused-ring (bicyclic) bond motifs is 2. The van der Waals surface area contributed by atoms with Crippen molar-refractivity contribution in [1.82, 2.24) is 0 Å². The maximum Gasteiger partial charge on any atom is 0.375 e. The summed E-state index contributed by atoms with van der Waals surface area (Å²) in [6, 6.07) is 1.68. The third kappa shape index (κ3) is 4.61. The number of ether oxygens (including phenoxy) is 6. The summed E-state index contributed by atoms with van der Waals surface area (Å²) in [6.07, 6.45) is 3.53. The average molecular weight is 531 g/mol. The van der Waals surface area contributed by atoms with Gasteiger partial charge in [0.15, 0.2) is 11.5 Å². The molecule has 3 aliphatic rings. The Morgan fingerprint density at radius 1 is 1.05 bits per heavy atom. The van der Waals surface area contributed by atoms with Crippen LogP contribution in [0.5, 0.6) is 17.2 Å². The fourth-order valence-corrected chi connectivity index (χ4v) is 5.49. The van der Waals surface area contributed by atoms with Crippen LogP contribution in [0.3, 0.4) is 0 Å². The first kappa shape index (κ1) is 27.5. The molecule has 0 bridgehead atoms. The van der Waals surface area contributed by atoms with E-state index < -0.39 is 29.2 Å². The van der Waals surface area contributed by atoms with Gasteiger partial charge in [0.25, 0.3) is 5.78 Å². The lowest BCUT2D eigenvalue weighted by atomic mass is 9.63. The second kappa shape index (κ2) is 11.0. The molecule has 4 rings (SSSR count). The van der Waals surface area contributed by atoms with Crippen LogP contribution in [-0.4, -0.2) is 51.3 Å². The van der Waals surface area contributed by atoms with Crippen molar-refractivity contribution in [2.24, 2.45) is 11.8 Å². The summed E-state index contributed by atoms with van der Waals surface area (Å²) in [6.45, 7) is 5.61. The fraction of sp³-hybridized carbons (Fsp3) is 0.571. The topological polar surface area (TPSA) is 124 Å². The number of carbonyl (C=O) groups excluding carboxylic acids is 4. The lowest BCUT2D eigenvalue weighted by Gasteiger charge is -2.39. The Labute approximate surface area is 221 Å². The molecule has 1 unspecified atom stereocenters. The van der Waals surface area contributed by atoms with Gasteiger partial charge in [-0.1, -0.05) is 33.6 Å². The van der Waals surface area contributed by atoms with Crippen molar-refractivity contribution in [2.75, 3.05) is 27.6 Å². The molecule has 1 aromatic carbocycles. The minimum absolute atomic E-state index is 0.0647. The molecular weight excluding hydrogens is 496 g/mol. The van der Waals surface area contributed by atoms with Gasteiger partial charge in [0.05, 0.1) is 14.2 Å². The average Bonchev–Trinajstić information content (AvgIpc) is 3.54. The quantitative estimate of drug-likeness (QED) is 0.161. The van der Waals surface area contributed by atoms with E-state index in [9.17, 15) is 19.2 Å². The number of rotatable bonds is 8. The smallest absolute Gasteiger partial charge is 0.375 e. The second-order valence-electron chi connectivity index (χ2n) is 10.0. The maximum atomic E-state index is 13.9. The number of carbonyl (C=O) groups is 4. The largest absolute Gasteiger partial charge is 0.487 e. The van der Waals surface area contributed by atoms with E-state index in [2.05, 4.69) is 6.92 Å². The highest BCUT2D eigenvalue weighted by Gasteiger charge is 2.58. The molecule has 10 nitrogen and oxygen atoms in total. The van der Waals surface area contributed by atoms with Crippen LogP contribution < -0.4 is 14.2 Å². The van der Waals surface area contributed by atoms with E-state index in [1.807, 2.05) is 13.8 Å². The van der Waals surface area contributed by atoms with Crippen molar-refractivity contribution < 1.29 is 47.6 Å². The van der Waals surface area contributed by atoms with Gasteiger partial charge in [0, 0.05) is 29.5 Å². The first-order valence-electron chi connectivity index (χ1n) is 12.9. The number of benzene rings is 1. The van der Waals surface area contributed by atoms with Gasteiger partial charge in [-0.2, -0.15) is 0 Å². The zero-order valence-corrected chi connectivity index (χ0v) is 22.4. The van der Waals surface area contributed by atoms with Crippen LogP contribution in [0.1, 0.15) is 70.1 Å². The Hall–Kier alpha value is -3.56. The maximum absolute atomic E-state index is 13.9. The monoisotopic (exact) mass is 530 g/mol. The van der Waals surface area contributed by atoms with E-state index in [1.165, 1.54) is 13.2 Å². The molecule has 0 aromatic heterocycles. The van der Waals surface area contributed by atoms with Crippen LogP contribution in [0.2, 0.25) is 0 Å². The van der Waals surface area contributed by atoms with Crippen molar-refractivity contribution in [3.05, 3.63) is 28.8 Å². The van der Waals surface area contributed by atoms with Crippen molar-refractivity contribution in [1.29, 1.82) is 0 Å². The molecule has 0 N–H and O–H groups in total. The van der Waals surface area contributed by atoms with Crippen molar-refractivity contribution in [3.8, 4) is 17.2 Å². The van der Waals surface area contributed by atoms with Crippen molar-refractivity contribution in [3.63, 3.8) is 0 Å². The Balaban J connectivity index is 1.98. The lowest BCUT2D eigenvalue weighted by molar-refractivity contribution is -0.155. The number of hydrogen-bond acceptors (Lipinski definition) is 10. The number of hydrogen-bond donors (Lipinski definition) is 0. The van der Waals surface area contributed by atoms with Crippen molar-refractivity contribution in [2.45, 2.75) is 64.4 Å². The van der Waals surface area contributed by atoms with Crippen LogP contribution in [0.25, 0.3) is 0 Å². The Bertz CT molecular complexity index is 1170. The molecule has 4 atom stereocenters. The van der Waals surface area contributed by atoms with E-state index in [0.29, 0.717) is 28.9 Å². The molecule has 0 amide bonds. The van der Waals surface area contributed by atoms with Crippen LogP contribution in [0.4, 0.5) is 0 Å². The van der Waals surface area contributed by atoms with Gasteiger partial charge in [-0.25, -0.2) is 9.59 Å². The summed E-state index contributed by atoms with van der Waals surface area (Å²) in [7, 11) is 2.35. The number of esters is 3. The summed E-state index contributed by atoms with van der Waals surface area (Å²) in [5.74, 6) is -2.54. The minimum atomic E-state index is -1.71. The number of unbranched alkanes of at least 4 members (excludes halogenated alkanes) is 2. The SMILES string of the molecule is CCCCCC(=O)O[C@H]1c2cc3c(c4c2C(C(=O)C(=O)OC)(CO4)/C(=C\C(=O)OC)C[C@@H](C)[C@H]1C)OCO3. The Morgan fingerprint density at radius 3 is 2.50 bits per heavy atom. The molecule has 0 fully saturated rings. The molecule has 2 heterocycles. The highest BCUT2D eigenvalue weighted by molar-refractivity contribution is 6.38. The molecule has 0 saturated heterocycles. The summed E-state index contributed by atoms with van der Waals surface area (Å²) >= 11 is 0. The van der Waals surface area contributed by atoms with E-state index >= 15 is 0 Å². The van der Waals surface area contributed by atoms with E-state index in [4.69, 9.17) is 28.4 Å². The van der Waals surface area contributed by atoms with Gasteiger partial charge in [-0.05, 0) is 30.4 Å². The summed E-state index contributed by atoms with van der Waals surface area (Å²) in [5.41, 5.74) is -0.574. The molecule has 1 aromatic rings. The predicted octanol–water partition coefficient (Wildman–Crippen LogP) is 3.73. The minimum Gasteiger partial charge on any atom is -0.487 e. The van der Waals surface area contributed by atoms with E-state index in [1.54, 1.807) is 6.07 Å². The molecule has 1 aliphatic carbocycles. The predicted molar refractivity (Wildman–Crippen MR) is 133 cm³/mol. The fourth-order valence-electron chi connectivity index (χ4n) is 5.49. The second-order valence-corrected chi connectivity index (χ2v) is 10.0. The third-order valence-electron chi connectivity index (χ3n) is 7.78. The van der Waals surface area contributed by atoms with Crippen LogP contribution in [-0.2, 0) is 38.8 Å². The van der Waals surface area contributed by atoms with Gasteiger partial charge in [0.1, 0.15) is 18.1 Å². The number of methoxy groups -OCH3 is 2. The third-order valence-corrected chi connectivity index (χ3v) is 7.78. The molecular formula is C28H34O10. The van der Waals surface area contributed by atoms with E-state index in [0.717, 1.165) is 20.0 Å². The molecule has 2 aliphatic heterocycles. The van der Waals surface area contributed by atoms with Gasteiger partial charge in [-0.3, -0.25) is 9.59 Å². The van der Waals surface area contributed by atoms with E-state index in [-0.39, 0.29) is 55.5 Å². The van der Waals surface area contributed by atoms with Crippen LogP contribution in [0.15, 0.2) is 17.7 Å². The highest BCUT2D eigenvalue weighted by atomic mass is 16.7. The van der Waals surface area contributed by atoms with Gasteiger partial charge < -0.3 is 28.4 Å². The van der Waals surface area contributed by atoms with Gasteiger partial charge in [-0.15, -0.1) is 0 Å². The lowest BCUT2D eigenvalue weighted by Crippen LogP contribution is -2.47. The standard InChI is InChI=1S/C28H34O10/c1-6-7-8-9-20(29)38-23-16(3)15(2)10-17(11-21(30)33-4)28(26(31)27(32)34-5)13-35-25-22(28)18(23)12-19-24(25)37-14-36-19/h11-12,15-16,23H,6-10,13-14H2,1-5H3/b17-11-/t15-,16-,23-,28?/m1/s1. The van der Waals surface area contributed by atoms with Gasteiger partial charge >= 0.3 is 17.9 Å². The zero-order valence-electron chi connectivity index (χ0n) is 22.4. The normalized spacial score (nSPS) is 26.0. The number of Topliss-reactive ketones (excluding diaryl/α,β-unsaturated/α-hetero) is 1. The molecule has 38 heavy (non-hydrogen) atoms. The summed E-state index contributed by atoms with van der Waals surface area (Å²) in [5, 5.41) is 0. The summed E-state index contributed by atoms with van der Waals surface area (Å²) in [4.78, 5) is 52.1. The molecule has 0 spiro atoms. The molecule has 0 radical (unpaired) electrons. The van der Waals surface area contributed by atoms with Gasteiger partial charge in [0.2, 0.25) is 12.5 Å². The highest BCUT2D eigenvalue weighted by Crippen LogP contribution is 2.59. The summed E-state index contributed by atoms with van der Waals surface area (Å²) < 4.78 is 33.2. The van der Waals surface area contributed by atoms with Crippen LogP contribution >= 0.6 is 0 Å². The van der Waals surface area contributed by atoms with Crippen LogP contribution in [0, 0.1) is 11.8 Å². The zero-order chi connectivity index (χ0) is 27.6.